The fourth-order valence-electron chi connectivity index (χ4n) is 2.75. The van der Waals surface area contributed by atoms with Crippen LogP contribution in [0.5, 0.6) is 0 Å². The third kappa shape index (κ3) is 3.05. The molecule has 1 unspecified atom stereocenters. The topological polar surface area (TPSA) is 88.5 Å². The molecule has 0 aliphatic carbocycles. The Labute approximate surface area is 156 Å². The summed E-state index contributed by atoms with van der Waals surface area (Å²) in [7, 11) is 0. The number of halogens is 3. The Hall–Kier alpha value is -2.14. The molecule has 26 heavy (non-hydrogen) atoms. The summed E-state index contributed by atoms with van der Waals surface area (Å²) in [4.78, 5) is 12.5. The number of nitrogens with zero attached hydrogens (tertiary/aromatic N) is 6. The Morgan fingerprint density at radius 2 is 2.08 bits per heavy atom. The van der Waals surface area contributed by atoms with Crippen molar-refractivity contribution in [3.8, 4) is 0 Å². The van der Waals surface area contributed by atoms with Crippen molar-refractivity contribution in [1.29, 1.82) is 0 Å². The van der Waals surface area contributed by atoms with E-state index in [1.807, 2.05) is 13.8 Å². The Balaban J connectivity index is 1.83. The van der Waals surface area contributed by atoms with E-state index in [9.17, 15) is 18.7 Å². The molecule has 0 fully saturated rings. The molecular weight excluding hydrogens is 414 g/mol. The highest BCUT2D eigenvalue weighted by Gasteiger charge is 2.51. The molecule has 2 aromatic rings. The summed E-state index contributed by atoms with van der Waals surface area (Å²) >= 11 is 3.43. The van der Waals surface area contributed by atoms with E-state index in [0.29, 0.717) is 5.01 Å². The molecule has 11 heteroatoms. The largest absolute Gasteiger partial charge is 0.364 e. The predicted molar refractivity (Wildman–Crippen MR) is 91.9 cm³/mol. The van der Waals surface area contributed by atoms with E-state index in [1.165, 1.54) is 23.9 Å². The Kier molecular flexibility index (Phi) is 4.69. The summed E-state index contributed by atoms with van der Waals surface area (Å²) < 4.78 is 30.5. The molecule has 1 aliphatic rings. The first-order valence-electron chi connectivity index (χ1n) is 7.75. The van der Waals surface area contributed by atoms with Crippen LogP contribution in [0.25, 0.3) is 0 Å². The van der Waals surface area contributed by atoms with Gasteiger partial charge in [0.1, 0.15) is 6.67 Å². The number of aliphatic hydroxyl groups is 1. The zero-order chi connectivity index (χ0) is 19.2. The summed E-state index contributed by atoms with van der Waals surface area (Å²) in [6.45, 7) is 5.45. The zero-order valence-corrected chi connectivity index (χ0v) is 15.9. The van der Waals surface area contributed by atoms with Crippen molar-refractivity contribution in [2.75, 3.05) is 0 Å². The van der Waals surface area contributed by atoms with Crippen molar-refractivity contribution in [1.82, 2.24) is 24.6 Å². The number of aromatic nitrogens is 4. The van der Waals surface area contributed by atoms with E-state index in [1.54, 1.807) is 4.68 Å². The van der Waals surface area contributed by atoms with Gasteiger partial charge in [0, 0.05) is 18.3 Å². The van der Waals surface area contributed by atoms with Crippen molar-refractivity contribution >= 4 is 27.5 Å². The van der Waals surface area contributed by atoms with Crippen molar-refractivity contribution in [3.63, 3.8) is 0 Å². The first-order valence-corrected chi connectivity index (χ1v) is 8.55. The predicted octanol–water partition coefficient (Wildman–Crippen LogP) is 2.14. The molecule has 0 radical (unpaired) electrons. The number of hydrazone groups is 1. The smallest absolute Gasteiger partial charge is 0.297 e. The van der Waals surface area contributed by atoms with Crippen LogP contribution in [0.15, 0.2) is 21.8 Å². The average molecular weight is 431 g/mol. The van der Waals surface area contributed by atoms with Crippen LogP contribution < -0.4 is 0 Å². The van der Waals surface area contributed by atoms with Crippen LogP contribution >= 0.6 is 15.9 Å². The van der Waals surface area contributed by atoms with E-state index >= 15 is 0 Å². The second kappa shape index (κ2) is 6.54. The Morgan fingerprint density at radius 3 is 2.65 bits per heavy atom. The molecule has 140 valence electrons. The van der Waals surface area contributed by atoms with Crippen molar-refractivity contribution < 1.29 is 18.7 Å². The third-order valence-electron chi connectivity index (χ3n) is 4.13. The average Bonchev–Trinajstić information content (AvgIpc) is 3.22. The number of carbonyl (C=O) groups is 1. The minimum Gasteiger partial charge on any atom is -0.364 e. The molecule has 0 bridgehead atoms. The fraction of sp³-hybridized carbons (Fsp3) is 0.467. The number of carbonyl (C=O) groups excluding carboxylic acids is 1. The van der Waals surface area contributed by atoms with Crippen LogP contribution in [0.3, 0.4) is 0 Å². The Bertz CT molecular complexity index is 893. The molecule has 1 atom stereocenters. The lowest BCUT2D eigenvalue weighted by Crippen LogP contribution is -2.51. The number of amides is 1. The van der Waals surface area contributed by atoms with Crippen molar-refractivity contribution in [3.05, 3.63) is 33.8 Å². The van der Waals surface area contributed by atoms with Gasteiger partial charge >= 0.3 is 0 Å². The molecule has 1 aliphatic heterocycles. The quantitative estimate of drug-likeness (QED) is 0.804. The molecular formula is C15H17BrF2N6O2. The maximum absolute atomic E-state index is 13.2. The van der Waals surface area contributed by atoms with Gasteiger partial charge in [-0.2, -0.15) is 20.3 Å². The number of rotatable bonds is 4. The molecule has 3 rings (SSSR count). The number of hydrogen-bond acceptors (Lipinski definition) is 5. The molecule has 2 aromatic heterocycles. The highest BCUT2D eigenvalue weighted by Crippen LogP contribution is 2.32. The third-order valence-corrected chi connectivity index (χ3v) is 5.27. The monoisotopic (exact) mass is 430 g/mol. The van der Waals surface area contributed by atoms with Crippen molar-refractivity contribution in [2.45, 2.75) is 46.0 Å². The highest BCUT2D eigenvalue weighted by molar-refractivity contribution is 9.10. The molecule has 1 amide bonds. The van der Waals surface area contributed by atoms with Crippen LogP contribution in [0, 0.1) is 13.8 Å². The van der Waals surface area contributed by atoms with Gasteiger partial charge in [0.05, 0.1) is 15.9 Å². The van der Waals surface area contributed by atoms with Crippen LogP contribution in [0.2, 0.25) is 0 Å². The molecule has 1 N–H and O–H groups in total. The lowest BCUT2D eigenvalue weighted by Gasteiger charge is -2.29. The molecule has 0 aromatic carbocycles. The van der Waals surface area contributed by atoms with Gasteiger partial charge in [0.15, 0.2) is 5.69 Å². The second-order valence-corrected chi connectivity index (χ2v) is 6.97. The highest BCUT2D eigenvalue weighted by atomic mass is 79.9. The normalized spacial score (nSPS) is 20.2. The van der Waals surface area contributed by atoms with E-state index in [-0.39, 0.29) is 18.1 Å². The lowest BCUT2D eigenvalue weighted by molar-refractivity contribution is -0.164. The first-order chi connectivity index (χ1) is 12.1. The van der Waals surface area contributed by atoms with Gasteiger partial charge in [-0.05, 0) is 42.8 Å². The summed E-state index contributed by atoms with van der Waals surface area (Å²) in [5.74, 6) is -0.891. The van der Waals surface area contributed by atoms with Gasteiger partial charge in [0.2, 0.25) is 5.72 Å². The summed E-state index contributed by atoms with van der Waals surface area (Å²) in [6, 6.07) is 1.39. The lowest BCUT2D eigenvalue weighted by atomic mass is 10.1. The summed E-state index contributed by atoms with van der Waals surface area (Å²) in [6.07, 6.45) is -2.02. The summed E-state index contributed by atoms with van der Waals surface area (Å²) in [5, 5.41) is 22.8. The van der Waals surface area contributed by atoms with Crippen LogP contribution in [0.4, 0.5) is 8.78 Å². The van der Waals surface area contributed by atoms with Gasteiger partial charge < -0.3 is 5.11 Å². The maximum atomic E-state index is 13.2. The number of alkyl halides is 2. The van der Waals surface area contributed by atoms with E-state index in [4.69, 9.17) is 0 Å². The van der Waals surface area contributed by atoms with Crippen LogP contribution in [0.1, 0.15) is 35.2 Å². The maximum Gasteiger partial charge on any atom is 0.297 e. The SMILES string of the molecule is CC1=NN(C(=O)c2ccn(Cn3nc(C)c(Br)c3C)n2)C(O)(C(F)F)C1. The summed E-state index contributed by atoms with van der Waals surface area (Å²) in [5.41, 5.74) is -0.797. The molecule has 3 heterocycles. The van der Waals surface area contributed by atoms with E-state index in [0.717, 1.165) is 15.9 Å². The molecule has 8 nitrogen and oxygen atoms in total. The van der Waals surface area contributed by atoms with Gasteiger partial charge in [-0.15, -0.1) is 0 Å². The minimum atomic E-state index is -3.15. The molecule has 0 saturated carbocycles. The number of hydrogen-bond donors (Lipinski definition) is 1. The van der Waals surface area contributed by atoms with Gasteiger partial charge in [-0.1, -0.05) is 0 Å². The number of aryl methyl sites for hydroxylation is 1. The fourth-order valence-corrected chi connectivity index (χ4v) is 3.03. The van der Waals surface area contributed by atoms with E-state index in [2.05, 4.69) is 31.2 Å². The molecule has 0 saturated heterocycles. The van der Waals surface area contributed by atoms with Gasteiger partial charge in [0.25, 0.3) is 12.3 Å². The van der Waals surface area contributed by atoms with Crippen LogP contribution in [-0.4, -0.2) is 53.4 Å². The molecule has 0 spiro atoms. The van der Waals surface area contributed by atoms with Gasteiger partial charge in [-0.3, -0.25) is 9.48 Å². The first kappa shape index (κ1) is 18.6. The van der Waals surface area contributed by atoms with Gasteiger partial charge in [-0.25, -0.2) is 13.5 Å². The van der Waals surface area contributed by atoms with Crippen molar-refractivity contribution in [2.24, 2.45) is 5.10 Å². The standard InChI is InChI=1S/C15H17BrF2N6O2/c1-8-6-15(26,14(17)18)24(19-8)13(25)11-4-5-22(21-11)7-23-10(3)12(16)9(2)20-23/h4-5,14,26H,6-7H2,1-3H3. The Morgan fingerprint density at radius 1 is 1.38 bits per heavy atom. The zero-order valence-electron chi connectivity index (χ0n) is 14.3. The second-order valence-electron chi connectivity index (χ2n) is 6.17. The van der Waals surface area contributed by atoms with Crippen LogP contribution in [-0.2, 0) is 6.67 Å². The van der Waals surface area contributed by atoms with E-state index < -0.39 is 24.5 Å². The minimum absolute atomic E-state index is 0.0943.